The summed E-state index contributed by atoms with van der Waals surface area (Å²) in [7, 11) is 0. The lowest BCUT2D eigenvalue weighted by atomic mass is 10.2. The Bertz CT molecular complexity index is 665. The lowest BCUT2D eigenvalue weighted by Crippen LogP contribution is -2.21. The molecule has 0 aromatic heterocycles. The summed E-state index contributed by atoms with van der Waals surface area (Å²) >= 11 is 4.37. The molecule has 1 N–H and O–H groups in total. The van der Waals surface area contributed by atoms with Crippen LogP contribution in [0.5, 0.6) is 5.75 Å². The molecule has 0 bridgehead atoms. The van der Waals surface area contributed by atoms with Crippen molar-refractivity contribution in [2.75, 3.05) is 18.0 Å². The van der Waals surface area contributed by atoms with Gasteiger partial charge in [0.25, 0.3) is 0 Å². The average Bonchev–Trinajstić information content (AvgIpc) is 2.52. The third-order valence-electron chi connectivity index (χ3n) is 3.39. The molecule has 0 radical (unpaired) electrons. The molecular weight excluding hydrogens is 502 g/mol. The van der Waals surface area contributed by atoms with E-state index in [0.29, 0.717) is 0 Å². The minimum atomic E-state index is 0.282. The lowest BCUT2D eigenvalue weighted by Gasteiger charge is -2.20. The number of hydrogen-bond donors (Lipinski definition) is 1. The van der Waals surface area contributed by atoms with E-state index < -0.39 is 0 Å². The zero-order valence-corrected chi connectivity index (χ0v) is 16.9. The van der Waals surface area contributed by atoms with Crippen LogP contribution in [0, 0.1) is 7.14 Å². The Morgan fingerprint density at radius 3 is 2.32 bits per heavy atom. The molecule has 0 saturated carbocycles. The van der Waals surface area contributed by atoms with Crippen molar-refractivity contribution in [3.8, 4) is 5.75 Å². The van der Waals surface area contributed by atoms with E-state index >= 15 is 0 Å². The van der Waals surface area contributed by atoms with Crippen molar-refractivity contribution < 1.29 is 5.11 Å². The number of aromatic hydroxyl groups is 1. The highest BCUT2D eigenvalue weighted by atomic mass is 127. The Hall–Kier alpha value is -0.830. The summed E-state index contributed by atoms with van der Waals surface area (Å²) in [6.45, 7) is 6.29. The Morgan fingerprint density at radius 2 is 1.73 bits per heavy atom. The second kappa shape index (κ2) is 8.14. The Morgan fingerprint density at radius 1 is 1.09 bits per heavy atom. The number of rotatable bonds is 5. The third kappa shape index (κ3) is 4.34. The highest BCUT2D eigenvalue weighted by Gasteiger charge is 2.05. The molecule has 5 heteroatoms. The molecule has 0 aliphatic carbocycles. The van der Waals surface area contributed by atoms with E-state index in [1.54, 1.807) is 6.21 Å². The van der Waals surface area contributed by atoms with E-state index in [1.807, 2.05) is 24.3 Å². The maximum absolute atomic E-state index is 10.1. The molecule has 0 saturated heterocycles. The normalized spacial score (nSPS) is 11.1. The Labute approximate surface area is 158 Å². The van der Waals surface area contributed by atoms with E-state index in [2.05, 4.69) is 81.1 Å². The molecule has 22 heavy (non-hydrogen) atoms. The van der Waals surface area contributed by atoms with Crippen molar-refractivity contribution in [3.05, 3.63) is 49.1 Å². The molecule has 2 rings (SSSR count). The van der Waals surface area contributed by atoms with Gasteiger partial charge in [-0.3, -0.25) is 4.99 Å². The van der Waals surface area contributed by atoms with E-state index in [0.717, 1.165) is 31.5 Å². The number of benzene rings is 2. The van der Waals surface area contributed by atoms with E-state index in [1.165, 1.54) is 5.69 Å². The van der Waals surface area contributed by atoms with Gasteiger partial charge in [0.15, 0.2) is 0 Å². The van der Waals surface area contributed by atoms with Crippen LogP contribution in [0.4, 0.5) is 11.4 Å². The largest absolute Gasteiger partial charge is 0.506 e. The SMILES string of the molecule is CCN(CC)c1ccc(N=Cc2cc(I)cc(I)c2O)cc1. The summed E-state index contributed by atoms with van der Waals surface area (Å²) in [5, 5.41) is 10.1. The van der Waals surface area contributed by atoms with Gasteiger partial charge in [-0.15, -0.1) is 0 Å². The van der Waals surface area contributed by atoms with Crippen LogP contribution in [0.1, 0.15) is 19.4 Å². The quantitative estimate of drug-likeness (QED) is 0.435. The molecule has 116 valence electrons. The Balaban J connectivity index is 2.21. The molecule has 0 aliphatic heterocycles. The predicted octanol–water partition coefficient (Wildman–Crippen LogP) is 5.20. The highest BCUT2D eigenvalue weighted by Crippen LogP contribution is 2.26. The first-order valence-corrected chi connectivity index (χ1v) is 9.28. The molecule has 2 aromatic rings. The van der Waals surface area contributed by atoms with Crippen LogP contribution in [0.15, 0.2) is 41.4 Å². The molecule has 0 fully saturated rings. The van der Waals surface area contributed by atoms with Gasteiger partial charge in [0.05, 0.1) is 9.26 Å². The second-order valence-corrected chi connectivity index (χ2v) is 7.18. The van der Waals surface area contributed by atoms with Gasteiger partial charge in [-0.2, -0.15) is 0 Å². The fourth-order valence-electron chi connectivity index (χ4n) is 2.17. The average molecular weight is 520 g/mol. The number of aliphatic imine (C=N–C) groups is 1. The maximum Gasteiger partial charge on any atom is 0.137 e. The number of anilines is 1. The molecule has 0 aliphatic rings. The van der Waals surface area contributed by atoms with Crippen molar-refractivity contribution in [3.63, 3.8) is 0 Å². The summed E-state index contributed by atoms with van der Waals surface area (Å²) < 4.78 is 1.92. The second-order valence-electron chi connectivity index (χ2n) is 4.77. The first kappa shape index (κ1) is 17.5. The van der Waals surface area contributed by atoms with Crippen molar-refractivity contribution in [2.24, 2.45) is 4.99 Å². The summed E-state index contributed by atoms with van der Waals surface area (Å²) in [5.41, 5.74) is 2.82. The van der Waals surface area contributed by atoms with Crippen LogP contribution < -0.4 is 4.90 Å². The zero-order valence-electron chi connectivity index (χ0n) is 12.6. The van der Waals surface area contributed by atoms with Gasteiger partial charge in [-0.05, 0) is 95.4 Å². The summed E-state index contributed by atoms with van der Waals surface area (Å²) in [5.74, 6) is 0.282. The maximum atomic E-state index is 10.1. The van der Waals surface area contributed by atoms with Crippen molar-refractivity contribution in [1.82, 2.24) is 0 Å². The molecule has 0 amide bonds. The van der Waals surface area contributed by atoms with Gasteiger partial charge in [-0.1, -0.05) is 0 Å². The minimum Gasteiger partial charge on any atom is -0.506 e. The van der Waals surface area contributed by atoms with Gasteiger partial charge < -0.3 is 10.0 Å². The topological polar surface area (TPSA) is 35.8 Å². The number of hydrogen-bond acceptors (Lipinski definition) is 3. The zero-order chi connectivity index (χ0) is 16.1. The molecule has 0 heterocycles. The lowest BCUT2D eigenvalue weighted by molar-refractivity contribution is 0.470. The van der Waals surface area contributed by atoms with Gasteiger partial charge in [-0.25, -0.2) is 0 Å². The number of nitrogens with zero attached hydrogens (tertiary/aromatic N) is 2. The molecule has 0 spiro atoms. The standard InChI is InChI=1S/C17H18I2N2O/c1-3-21(4-2)15-7-5-14(6-8-15)20-11-12-9-13(18)10-16(19)17(12)22/h5-11,22H,3-4H2,1-2H3. The van der Waals surface area contributed by atoms with Gasteiger partial charge in [0.1, 0.15) is 5.75 Å². The molecule has 0 atom stereocenters. The first-order valence-electron chi connectivity index (χ1n) is 7.12. The fraction of sp³-hybridized carbons (Fsp3) is 0.235. The van der Waals surface area contributed by atoms with Crippen molar-refractivity contribution >= 4 is 62.8 Å². The monoisotopic (exact) mass is 520 g/mol. The highest BCUT2D eigenvalue weighted by molar-refractivity contribution is 14.1. The van der Waals surface area contributed by atoms with Crippen LogP contribution in [0.3, 0.4) is 0 Å². The van der Waals surface area contributed by atoms with Crippen molar-refractivity contribution in [2.45, 2.75) is 13.8 Å². The van der Waals surface area contributed by atoms with E-state index in [-0.39, 0.29) is 5.75 Å². The van der Waals surface area contributed by atoms with Crippen LogP contribution in [0.25, 0.3) is 0 Å². The van der Waals surface area contributed by atoms with Crippen LogP contribution >= 0.6 is 45.2 Å². The van der Waals surface area contributed by atoms with E-state index in [9.17, 15) is 5.11 Å². The van der Waals surface area contributed by atoms with Crippen LogP contribution in [-0.4, -0.2) is 24.4 Å². The van der Waals surface area contributed by atoms with Crippen molar-refractivity contribution in [1.29, 1.82) is 0 Å². The van der Waals surface area contributed by atoms with Crippen LogP contribution in [0.2, 0.25) is 0 Å². The fourth-order valence-corrected chi connectivity index (χ4v) is 4.06. The third-order valence-corrected chi connectivity index (χ3v) is 4.83. The van der Waals surface area contributed by atoms with Gasteiger partial charge in [0.2, 0.25) is 0 Å². The van der Waals surface area contributed by atoms with Crippen LogP contribution in [-0.2, 0) is 0 Å². The smallest absolute Gasteiger partial charge is 0.137 e. The van der Waals surface area contributed by atoms with Gasteiger partial charge >= 0.3 is 0 Å². The Kier molecular flexibility index (Phi) is 6.49. The number of halogens is 2. The molecule has 0 unspecified atom stereocenters. The summed E-state index contributed by atoms with van der Waals surface area (Å²) in [4.78, 5) is 6.75. The summed E-state index contributed by atoms with van der Waals surface area (Å²) in [6, 6.07) is 12.0. The van der Waals surface area contributed by atoms with Gasteiger partial charge in [0, 0.05) is 34.1 Å². The number of phenolic OH excluding ortho intramolecular Hbond substituents is 1. The molecular formula is C17H18I2N2O. The predicted molar refractivity (Wildman–Crippen MR) is 111 cm³/mol. The van der Waals surface area contributed by atoms with E-state index in [4.69, 9.17) is 0 Å². The summed E-state index contributed by atoms with van der Waals surface area (Å²) in [6.07, 6.45) is 1.71. The molecule has 3 nitrogen and oxygen atoms in total. The molecule has 2 aromatic carbocycles. The first-order chi connectivity index (χ1) is 10.5. The minimum absolute atomic E-state index is 0.282. The number of phenols is 1.